The van der Waals surface area contributed by atoms with Crippen molar-refractivity contribution in [2.75, 3.05) is 10.6 Å². The van der Waals surface area contributed by atoms with Crippen LogP contribution in [0.4, 0.5) is 11.4 Å². The average molecular weight is 444 g/mol. The van der Waals surface area contributed by atoms with E-state index >= 15 is 0 Å². The molecule has 0 aliphatic carbocycles. The molecule has 158 valence electrons. The van der Waals surface area contributed by atoms with Crippen LogP contribution in [-0.4, -0.2) is 16.4 Å². The van der Waals surface area contributed by atoms with E-state index in [1.54, 1.807) is 91.1 Å². The van der Waals surface area contributed by atoms with Crippen molar-refractivity contribution in [2.45, 2.75) is 0 Å². The second-order valence-corrected chi connectivity index (χ2v) is 7.35. The first-order chi connectivity index (χ1) is 15.5. The van der Waals surface area contributed by atoms with Gasteiger partial charge in [-0.15, -0.1) is 0 Å². The lowest BCUT2D eigenvalue weighted by Gasteiger charge is -2.12. The molecule has 0 atom stereocenters. The van der Waals surface area contributed by atoms with E-state index in [1.165, 1.54) is 10.6 Å². The van der Waals surface area contributed by atoms with Crippen LogP contribution in [0.25, 0.3) is 5.69 Å². The van der Waals surface area contributed by atoms with Crippen molar-refractivity contribution in [2.24, 2.45) is 0 Å². The molecule has 0 saturated carbocycles. The zero-order valence-electron chi connectivity index (χ0n) is 16.8. The largest absolute Gasteiger partial charge is 0.322 e. The predicted octanol–water partition coefficient (Wildman–Crippen LogP) is 5.00. The monoisotopic (exact) mass is 443 g/mol. The number of carbonyl (C=O) groups is 2. The molecule has 4 rings (SSSR count). The van der Waals surface area contributed by atoms with Crippen LogP contribution in [0.2, 0.25) is 5.02 Å². The van der Waals surface area contributed by atoms with Crippen LogP contribution in [0.1, 0.15) is 20.7 Å². The van der Waals surface area contributed by atoms with Gasteiger partial charge in [0.05, 0.1) is 11.3 Å². The molecule has 32 heavy (non-hydrogen) atoms. The smallest absolute Gasteiger partial charge is 0.257 e. The van der Waals surface area contributed by atoms with E-state index in [1.807, 2.05) is 0 Å². The zero-order valence-corrected chi connectivity index (χ0v) is 17.5. The van der Waals surface area contributed by atoms with Crippen molar-refractivity contribution in [3.63, 3.8) is 0 Å². The minimum Gasteiger partial charge on any atom is -0.322 e. The van der Waals surface area contributed by atoms with Gasteiger partial charge in [-0.1, -0.05) is 29.8 Å². The molecule has 0 spiro atoms. The molecule has 4 aromatic rings. The minimum atomic E-state index is -0.373. The predicted molar refractivity (Wildman–Crippen MR) is 126 cm³/mol. The lowest BCUT2D eigenvalue weighted by molar-refractivity contribution is 0.102. The fourth-order valence-electron chi connectivity index (χ4n) is 3.13. The number of nitrogens with one attached hydrogen (secondary N) is 2. The standard InChI is InChI=1S/C25H18ClN3O3/c26-18-10-8-17(9-11-18)24(31)28-22-6-2-1-5-21(22)25(32)27-19-12-14-20(15-13-19)29-16-4-3-7-23(29)30/h1-16H,(H,27,32)(H,28,31). The van der Waals surface area contributed by atoms with E-state index < -0.39 is 0 Å². The number of anilines is 2. The van der Waals surface area contributed by atoms with Gasteiger partial charge in [0, 0.05) is 34.2 Å². The van der Waals surface area contributed by atoms with Crippen LogP contribution < -0.4 is 16.2 Å². The van der Waals surface area contributed by atoms with Crippen LogP contribution in [-0.2, 0) is 0 Å². The third-order valence-electron chi connectivity index (χ3n) is 4.75. The second kappa shape index (κ2) is 9.32. The Morgan fingerprint density at radius 2 is 1.41 bits per heavy atom. The van der Waals surface area contributed by atoms with Gasteiger partial charge in [-0.3, -0.25) is 19.0 Å². The molecule has 2 amide bonds. The molecule has 0 aliphatic heterocycles. The maximum absolute atomic E-state index is 12.9. The highest BCUT2D eigenvalue weighted by Crippen LogP contribution is 2.20. The van der Waals surface area contributed by atoms with Crippen LogP contribution >= 0.6 is 11.6 Å². The van der Waals surface area contributed by atoms with Crippen molar-refractivity contribution in [1.82, 2.24) is 4.57 Å². The molecular weight excluding hydrogens is 426 g/mol. The molecule has 1 heterocycles. The van der Waals surface area contributed by atoms with E-state index in [-0.39, 0.29) is 17.4 Å². The molecule has 6 nitrogen and oxygen atoms in total. The van der Waals surface area contributed by atoms with Gasteiger partial charge in [0.25, 0.3) is 17.4 Å². The number of nitrogens with zero attached hydrogens (tertiary/aromatic N) is 1. The summed E-state index contributed by atoms with van der Waals surface area (Å²) in [5.74, 6) is -0.721. The average Bonchev–Trinajstić information content (AvgIpc) is 2.81. The molecule has 7 heteroatoms. The number of aromatic nitrogens is 1. The third-order valence-corrected chi connectivity index (χ3v) is 5.00. The summed E-state index contributed by atoms with van der Waals surface area (Å²) >= 11 is 5.87. The summed E-state index contributed by atoms with van der Waals surface area (Å²) in [5.41, 5.74) is 2.23. The van der Waals surface area contributed by atoms with E-state index in [2.05, 4.69) is 10.6 Å². The van der Waals surface area contributed by atoms with Crippen LogP contribution in [0.5, 0.6) is 0 Å². The fourth-order valence-corrected chi connectivity index (χ4v) is 3.26. The number of benzene rings is 3. The molecule has 1 aromatic heterocycles. The summed E-state index contributed by atoms with van der Waals surface area (Å²) in [6.45, 7) is 0. The lowest BCUT2D eigenvalue weighted by Crippen LogP contribution is -2.18. The molecular formula is C25H18ClN3O3. The summed E-state index contributed by atoms with van der Waals surface area (Å²) < 4.78 is 1.51. The van der Waals surface area contributed by atoms with Gasteiger partial charge in [0.1, 0.15) is 0 Å². The van der Waals surface area contributed by atoms with Gasteiger partial charge in [0.2, 0.25) is 0 Å². The van der Waals surface area contributed by atoms with Crippen LogP contribution in [0.15, 0.2) is 102 Å². The van der Waals surface area contributed by atoms with Crippen molar-refractivity contribution in [1.29, 1.82) is 0 Å². The highest BCUT2D eigenvalue weighted by atomic mass is 35.5. The highest BCUT2D eigenvalue weighted by Gasteiger charge is 2.14. The zero-order chi connectivity index (χ0) is 22.5. The SMILES string of the molecule is O=C(Nc1ccccc1C(=O)Nc1ccc(-n2ccccc2=O)cc1)c1ccc(Cl)cc1. The molecule has 0 unspecified atom stereocenters. The Morgan fingerprint density at radius 1 is 0.719 bits per heavy atom. The lowest BCUT2D eigenvalue weighted by atomic mass is 10.1. The van der Waals surface area contributed by atoms with Gasteiger partial charge in [-0.2, -0.15) is 0 Å². The van der Waals surface area contributed by atoms with E-state index in [0.29, 0.717) is 33.2 Å². The first-order valence-electron chi connectivity index (χ1n) is 9.77. The van der Waals surface area contributed by atoms with Gasteiger partial charge >= 0.3 is 0 Å². The number of pyridine rings is 1. The maximum atomic E-state index is 12.9. The number of para-hydroxylation sites is 1. The topological polar surface area (TPSA) is 80.2 Å². The molecule has 0 saturated heterocycles. The van der Waals surface area contributed by atoms with Crippen molar-refractivity contribution < 1.29 is 9.59 Å². The molecule has 0 fully saturated rings. The van der Waals surface area contributed by atoms with Crippen molar-refractivity contribution >= 4 is 34.8 Å². The van der Waals surface area contributed by atoms with Gasteiger partial charge < -0.3 is 10.6 Å². The second-order valence-electron chi connectivity index (χ2n) is 6.92. The molecule has 0 bridgehead atoms. The first kappa shape index (κ1) is 21.1. The summed E-state index contributed by atoms with van der Waals surface area (Å²) in [4.78, 5) is 37.4. The molecule has 0 radical (unpaired) electrons. The Hall–Kier alpha value is -4.16. The summed E-state index contributed by atoms with van der Waals surface area (Å²) in [5, 5.41) is 6.12. The van der Waals surface area contributed by atoms with Gasteiger partial charge in [-0.05, 0) is 66.7 Å². The van der Waals surface area contributed by atoms with E-state index in [9.17, 15) is 14.4 Å². The molecule has 2 N–H and O–H groups in total. The molecule has 3 aromatic carbocycles. The molecule has 0 aliphatic rings. The van der Waals surface area contributed by atoms with E-state index in [0.717, 1.165) is 0 Å². The number of halogens is 1. The van der Waals surface area contributed by atoms with Gasteiger partial charge in [0.15, 0.2) is 0 Å². The Labute approximate surface area is 189 Å². The Bertz CT molecular complexity index is 1330. The van der Waals surface area contributed by atoms with E-state index in [4.69, 9.17) is 11.6 Å². The quantitative estimate of drug-likeness (QED) is 0.455. The van der Waals surface area contributed by atoms with Crippen molar-refractivity contribution in [3.8, 4) is 5.69 Å². The summed E-state index contributed by atoms with van der Waals surface area (Å²) in [6, 6.07) is 25.1. The number of rotatable bonds is 5. The van der Waals surface area contributed by atoms with Gasteiger partial charge in [-0.25, -0.2) is 0 Å². The fraction of sp³-hybridized carbons (Fsp3) is 0. The third kappa shape index (κ3) is 4.77. The van der Waals surface area contributed by atoms with Crippen LogP contribution in [0, 0.1) is 0 Å². The Kier molecular flexibility index (Phi) is 6.14. The highest BCUT2D eigenvalue weighted by molar-refractivity contribution is 6.30. The Balaban J connectivity index is 1.50. The van der Waals surface area contributed by atoms with Crippen molar-refractivity contribution in [3.05, 3.63) is 124 Å². The number of carbonyl (C=O) groups excluding carboxylic acids is 2. The minimum absolute atomic E-state index is 0.144. The first-order valence-corrected chi connectivity index (χ1v) is 10.1. The summed E-state index contributed by atoms with van der Waals surface area (Å²) in [6.07, 6.45) is 1.68. The normalized spacial score (nSPS) is 10.4. The number of hydrogen-bond acceptors (Lipinski definition) is 3. The Morgan fingerprint density at radius 3 is 2.12 bits per heavy atom. The maximum Gasteiger partial charge on any atom is 0.257 e. The number of amides is 2. The summed E-state index contributed by atoms with van der Waals surface area (Å²) in [7, 11) is 0. The number of hydrogen-bond donors (Lipinski definition) is 2. The van der Waals surface area contributed by atoms with Crippen LogP contribution in [0.3, 0.4) is 0 Å².